The van der Waals surface area contributed by atoms with Crippen molar-refractivity contribution in [2.75, 3.05) is 5.32 Å². The average molecular weight is 271 g/mol. The summed E-state index contributed by atoms with van der Waals surface area (Å²) in [5.74, 6) is 0. The summed E-state index contributed by atoms with van der Waals surface area (Å²) in [5, 5.41) is 12.9. The first-order chi connectivity index (χ1) is 9.26. The van der Waals surface area contributed by atoms with Crippen LogP contribution in [0.25, 0.3) is 0 Å². The van der Waals surface area contributed by atoms with E-state index in [-0.39, 0.29) is 0 Å². The number of nitriles is 1. The molecular weight excluding hydrogens is 256 g/mol. The molecule has 2 nitrogen and oxygen atoms in total. The Kier molecular flexibility index (Phi) is 4.43. The number of anilines is 1. The summed E-state index contributed by atoms with van der Waals surface area (Å²) in [6.07, 6.45) is 0.999. The van der Waals surface area contributed by atoms with Crippen LogP contribution in [0.4, 0.5) is 5.69 Å². The van der Waals surface area contributed by atoms with Crippen molar-refractivity contribution in [1.29, 1.82) is 5.26 Å². The smallest absolute Gasteiger partial charge is 0.103 e. The van der Waals surface area contributed by atoms with Gasteiger partial charge in [0.15, 0.2) is 0 Å². The third-order valence-corrected chi connectivity index (χ3v) is 3.41. The Morgan fingerprint density at radius 2 is 1.84 bits per heavy atom. The highest BCUT2D eigenvalue weighted by molar-refractivity contribution is 6.32. The molecule has 0 aliphatic heterocycles. The molecule has 0 saturated carbocycles. The quantitative estimate of drug-likeness (QED) is 0.895. The maximum absolute atomic E-state index is 9.12. The van der Waals surface area contributed by atoms with Crippen LogP contribution in [-0.2, 0) is 13.0 Å². The number of rotatable bonds is 4. The Hall–Kier alpha value is -1.98. The zero-order valence-electron chi connectivity index (χ0n) is 10.8. The van der Waals surface area contributed by atoms with Gasteiger partial charge in [0.2, 0.25) is 0 Å². The van der Waals surface area contributed by atoms with E-state index in [2.05, 4.69) is 30.4 Å². The average Bonchev–Trinajstić information content (AvgIpc) is 2.45. The molecule has 0 spiro atoms. The third kappa shape index (κ3) is 3.07. The van der Waals surface area contributed by atoms with Crippen molar-refractivity contribution < 1.29 is 0 Å². The fraction of sp³-hybridized carbons (Fsp3) is 0.188. The van der Waals surface area contributed by atoms with Gasteiger partial charge in [-0.2, -0.15) is 5.26 Å². The van der Waals surface area contributed by atoms with Gasteiger partial charge in [-0.15, -0.1) is 0 Å². The summed E-state index contributed by atoms with van der Waals surface area (Å²) in [6, 6.07) is 15.9. The maximum Gasteiger partial charge on any atom is 0.103 e. The normalized spacial score (nSPS) is 9.95. The van der Waals surface area contributed by atoms with Crippen LogP contribution >= 0.6 is 11.6 Å². The monoisotopic (exact) mass is 270 g/mol. The van der Waals surface area contributed by atoms with Gasteiger partial charge in [-0.05, 0) is 29.7 Å². The van der Waals surface area contributed by atoms with Gasteiger partial charge in [0.1, 0.15) is 6.07 Å². The van der Waals surface area contributed by atoms with E-state index in [9.17, 15) is 0 Å². The molecule has 0 heterocycles. The minimum Gasteiger partial charge on any atom is -0.380 e. The lowest BCUT2D eigenvalue weighted by atomic mass is 10.1. The standard InChI is InChI=1S/C16H15ClN2/c1-2-12-6-3-4-7-13(12)11-19-16-9-5-8-15(17)14(16)10-18/h3-9,19H,2,11H2,1H3. The van der Waals surface area contributed by atoms with Gasteiger partial charge >= 0.3 is 0 Å². The molecule has 2 aromatic carbocycles. The van der Waals surface area contributed by atoms with Crippen LogP contribution in [0.2, 0.25) is 5.02 Å². The van der Waals surface area contributed by atoms with Gasteiger partial charge < -0.3 is 5.32 Å². The van der Waals surface area contributed by atoms with Crippen molar-refractivity contribution in [3.8, 4) is 6.07 Å². The van der Waals surface area contributed by atoms with Crippen LogP contribution in [-0.4, -0.2) is 0 Å². The molecule has 0 amide bonds. The molecule has 2 aromatic rings. The molecule has 0 bridgehead atoms. The van der Waals surface area contributed by atoms with Crippen LogP contribution in [0.3, 0.4) is 0 Å². The molecule has 0 fully saturated rings. The molecule has 0 atom stereocenters. The summed E-state index contributed by atoms with van der Waals surface area (Å²) in [7, 11) is 0. The van der Waals surface area contributed by atoms with Gasteiger partial charge in [0.25, 0.3) is 0 Å². The fourth-order valence-electron chi connectivity index (χ4n) is 2.05. The van der Waals surface area contributed by atoms with Crippen LogP contribution < -0.4 is 5.32 Å². The summed E-state index contributed by atoms with van der Waals surface area (Å²) in [6.45, 7) is 2.83. The summed E-state index contributed by atoms with van der Waals surface area (Å²) in [4.78, 5) is 0. The third-order valence-electron chi connectivity index (χ3n) is 3.09. The molecule has 1 N–H and O–H groups in total. The van der Waals surface area contributed by atoms with Gasteiger partial charge in [-0.1, -0.05) is 48.9 Å². The predicted molar refractivity (Wildman–Crippen MR) is 79.3 cm³/mol. The molecule has 96 valence electrons. The molecule has 0 aliphatic rings. The summed E-state index contributed by atoms with van der Waals surface area (Å²) < 4.78 is 0. The summed E-state index contributed by atoms with van der Waals surface area (Å²) in [5.41, 5.74) is 3.84. The number of benzene rings is 2. The first-order valence-corrected chi connectivity index (χ1v) is 6.63. The second kappa shape index (κ2) is 6.26. The highest BCUT2D eigenvalue weighted by Crippen LogP contribution is 2.24. The van der Waals surface area contributed by atoms with E-state index in [1.165, 1.54) is 11.1 Å². The van der Waals surface area contributed by atoms with Crippen LogP contribution in [0.1, 0.15) is 23.6 Å². The highest BCUT2D eigenvalue weighted by atomic mass is 35.5. The number of hydrogen-bond acceptors (Lipinski definition) is 2. The molecule has 0 aromatic heterocycles. The molecule has 2 rings (SSSR count). The highest BCUT2D eigenvalue weighted by Gasteiger charge is 2.06. The van der Waals surface area contributed by atoms with Crippen molar-refractivity contribution in [3.05, 3.63) is 64.2 Å². The number of nitrogens with one attached hydrogen (secondary N) is 1. The first-order valence-electron chi connectivity index (χ1n) is 6.25. The minimum absolute atomic E-state index is 0.483. The fourth-order valence-corrected chi connectivity index (χ4v) is 2.27. The Morgan fingerprint density at radius 1 is 1.11 bits per heavy atom. The lowest BCUT2D eigenvalue weighted by molar-refractivity contribution is 1.04. The Morgan fingerprint density at radius 3 is 2.53 bits per heavy atom. The molecule has 3 heteroatoms. The topological polar surface area (TPSA) is 35.8 Å². The Balaban J connectivity index is 2.20. The predicted octanol–water partition coefficient (Wildman–Crippen LogP) is 4.39. The van der Waals surface area contributed by atoms with Gasteiger partial charge in [0.05, 0.1) is 16.3 Å². The maximum atomic E-state index is 9.12. The molecule has 0 radical (unpaired) electrons. The van der Waals surface area contributed by atoms with Crippen LogP contribution in [0, 0.1) is 11.3 Å². The van der Waals surface area contributed by atoms with E-state index in [1.54, 1.807) is 6.07 Å². The molecule has 0 unspecified atom stereocenters. The zero-order valence-corrected chi connectivity index (χ0v) is 11.5. The first kappa shape index (κ1) is 13.5. The Bertz CT molecular complexity index is 614. The molecule has 19 heavy (non-hydrogen) atoms. The molecular formula is C16H15ClN2. The van der Waals surface area contributed by atoms with Gasteiger partial charge in [0, 0.05) is 6.54 Å². The van der Waals surface area contributed by atoms with Crippen molar-refractivity contribution in [3.63, 3.8) is 0 Å². The van der Waals surface area contributed by atoms with Crippen molar-refractivity contribution in [1.82, 2.24) is 0 Å². The summed E-state index contributed by atoms with van der Waals surface area (Å²) >= 11 is 6.01. The van der Waals surface area contributed by atoms with Gasteiger partial charge in [-0.3, -0.25) is 0 Å². The second-order valence-electron chi connectivity index (χ2n) is 4.25. The largest absolute Gasteiger partial charge is 0.380 e. The lowest BCUT2D eigenvalue weighted by Gasteiger charge is -2.11. The van der Waals surface area contributed by atoms with Gasteiger partial charge in [-0.25, -0.2) is 0 Å². The number of nitrogens with zero attached hydrogens (tertiary/aromatic N) is 1. The van der Waals surface area contributed by atoms with E-state index < -0.39 is 0 Å². The van der Waals surface area contributed by atoms with Crippen LogP contribution in [0.5, 0.6) is 0 Å². The molecule has 0 saturated heterocycles. The van der Waals surface area contributed by atoms with E-state index in [0.29, 0.717) is 17.1 Å². The van der Waals surface area contributed by atoms with E-state index in [4.69, 9.17) is 16.9 Å². The van der Waals surface area contributed by atoms with Crippen molar-refractivity contribution in [2.24, 2.45) is 0 Å². The molecule has 0 aliphatic carbocycles. The second-order valence-corrected chi connectivity index (χ2v) is 4.66. The minimum atomic E-state index is 0.483. The van der Waals surface area contributed by atoms with Crippen molar-refractivity contribution >= 4 is 17.3 Å². The van der Waals surface area contributed by atoms with E-state index in [0.717, 1.165) is 12.1 Å². The number of halogens is 1. The van der Waals surface area contributed by atoms with Crippen molar-refractivity contribution in [2.45, 2.75) is 19.9 Å². The Labute approximate surface area is 118 Å². The zero-order chi connectivity index (χ0) is 13.7. The number of aryl methyl sites for hydroxylation is 1. The van der Waals surface area contributed by atoms with E-state index in [1.807, 2.05) is 24.3 Å². The lowest BCUT2D eigenvalue weighted by Crippen LogP contribution is -2.04. The van der Waals surface area contributed by atoms with Crippen LogP contribution in [0.15, 0.2) is 42.5 Å². The van der Waals surface area contributed by atoms with E-state index >= 15 is 0 Å². The SMILES string of the molecule is CCc1ccccc1CNc1cccc(Cl)c1C#N. The number of hydrogen-bond donors (Lipinski definition) is 1.